The molecular weight excluding hydrogens is 392 g/mol. The standard InChI is InChI=1S/C30H46O2/c1-18(2)30-13-12-28(6,23(30)16-30)32-24(31)26(4)10-7-9-25(3)21(26)8-11-29-15-20-19(14-22(25)29)27(20,5)17-29/h18-23H,7-17H2,1-6H3/t19?,20-,21-,22-,23?,25+,26+,27?,28?,29?,30?/m0/s1. The van der Waals surface area contributed by atoms with E-state index in [0.717, 1.165) is 30.6 Å². The zero-order chi connectivity index (χ0) is 22.5. The van der Waals surface area contributed by atoms with Crippen LogP contribution in [0.25, 0.3) is 0 Å². The lowest BCUT2D eigenvalue weighted by Crippen LogP contribution is -2.60. The zero-order valence-corrected chi connectivity index (χ0v) is 21.6. The van der Waals surface area contributed by atoms with E-state index in [1.165, 1.54) is 57.8 Å². The smallest absolute Gasteiger partial charge is 0.312 e. The second-order valence-corrected chi connectivity index (χ2v) is 15.5. The molecule has 6 unspecified atom stereocenters. The number of hydrogen-bond acceptors (Lipinski definition) is 2. The monoisotopic (exact) mass is 438 g/mol. The lowest BCUT2D eigenvalue weighted by molar-refractivity contribution is -0.202. The van der Waals surface area contributed by atoms with Gasteiger partial charge in [-0.05, 0) is 129 Å². The molecule has 178 valence electrons. The van der Waals surface area contributed by atoms with E-state index in [0.29, 0.717) is 39.4 Å². The molecule has 8 rings (SSSR count). The van der Waals surface area contributed by atoms with Crippen LogP contribution in [0.5, 0.6) is 0 Å². The fraction of sp³-hybridized carbons (Fsp3) is 0.967. The summed E-state index contributed by atoms with van der Waals surface area (Å²) in [5.74, 6) is 4.91. The molecule has 0 saturated heterocycles. The Bertz CT molecular complexity index is 893. The summed E-state index contributed by atoms with van der Waals surface area (Å²) in [5, 5.41) is 0. The molecule has 8 saturated carbocycles. The van der Waals surface area contributed by atoms with Crippen molar-refractivity contribution in [2.24, 2.45) is 62.6 Å². The van der Waals surface area contributed by atoms with Gasteiger partial charge in [0.2, 0.25) is 0 Å². The highest BCUT2D eigenvalue weighted by Gasteiger charge is 2.79. The lowest BCUT2D eigenvalue weighted by atomic mass is 9.39. The highest BCUT2D eigenvalue weighted by molar-refractivity contribution is 5.78. The first-order valence-corrected chi connectivity index (χ1v) is 14.2. The number of carbonyl (C=O) groups excluding carboxylic acids is 1. The number of rotatable bonds is 3. The summed E-state index contributed by atoms with van der Waals surface area (Å²) in [6.45, 7) is 14.6. The summed E-state index contributed by atoms with van der Waals surface area (Å²) in [4.78, 5) is 14.1. The molecule has 32 heavy (non-hydrogen) atoms. The van der Waals surface area contributed by atoms with Gasteiger partial charge in [-0.3, -0.25) is 4.79 Å². The quantitative estimate of drug-likeness (QED) is 0.429. The van der Waals surface area contributed by atoms with Gasteiger partial charge >= 0.3 is 5.97 Å². The number of carbonyl (C=O) groups is 1. The van der Waals surface area contributed by atoms with E-state index < -0.39 is 0 Å². The van der Waals surface area contributed by atoms with Gasteiger partial charge in [-0.2, -0.15) is 0 Å². The first-order valence-electron chi connectivity index (χ1n) is 14.2. The third-order valence-corrected chi connectivity index (χ3v) is 14.2. The highest BCUT2D eigenvalue weighted by atomic mass is 16.6. The number of hydrogen-bond donors (Lipinski definition) is 0. The molecule has 0 heterocycles. The number of esters is 1. The van der Waals surface area contributed by atoms with Crippen molar-refractivity contribution < 1.29 is 9.53 Å². The van der Waals surface area contributed by atoms with Gasteiger partial charge in [0.25, 0.3) is 0 Å². The van der Waals surface area contributed by atoms with Gasteiger partial charge in [-0.15, -0.1) is 0 Å². The second kappa shape index (κ2) is 5.64. The maximum Gasteiger partial charge on any atom is 0.312 e. The molecule has 0 N–H and O–H groups in total. The lowest BCUT2D eigenvalue weighted by Gasteiger charge is -2.65. The summed E-state index contributed by atoms with van der Waals surface area (Å²) in [5.41, 5.74) is 1.63. The molecule has 0 radical (unpaired) electrons. The predicted molar refractivity (Wildman–Crippen MR) is 127 cm³/mol. The van der Waals surface area contributed by atoms with Crippen LogP contribution < -0.4 is 0 Å². The molecule has 8 aliphatic carbocycles. The van der Waals surface area contributed by atoms with Crippen LogP contribution in [-0.2, 0) is 9.53 Å². The third-order valence-electron chi connectivity index (χ3n) is 14.2. The SMILES string of the molecule is CC(C)C12CCC(C)(OC(=O)[C@]3(C)CCC[C@@]4(C)[C@@H]5CC6[C@@H]7CC5(CC[C@@H]43)CC67C)C1C2. The van der Waals surface area contributed by atoms with E-state index in [9.17, 15) is 4.79 Å². The van der Waals surface area contributed by atoms with Crippen LogP contribution in [0, 0.1) is 62.6 Å². The molecule has 0 aliphatic heterocycles. The van der Waals surface area contributed by atoms with E-state index in [1.807, 2.05) is 0 Å². The van der Waals surface area contributed by atoms with Gasteiger partial charge in [0.1, 0.15) is 5.60 Å². The molecule has 0 aromatic heterocycles. The molecular formula is C30H46O2. The van der Waals surface area contributed by atoms with Crippen LogP contribution in [0.3, 0.4) is 0 Å². The number of ether oxygens (including phenoxy) is 1. The van der Waals surface area contributed by atoms with Crippen molar-refractivity contribution in [2.75, 3.05) is 0 Å². The zero-order valence-electron chi connectivity index (χ0n) is 21.6. The van der Waals surface area contributed by atoms with Crippen LogP contribution in [0.2, 0.25) is 0 Å². The Labute approximate surface area is 196 Å². The van der Waals surface area contributed by atoms with Crippen LogP contribution in [0.15, 0.2) is 0 Å². The van der Waals surface area contributed by atoms with Crippen molar-refractivity contribution in [1.29, 1.82) is 0 Å². The van der Waals surface area contributed by atoms with Gasteiger partial charge in [0.05, 0.1) is 5.41 Å². The largest absolute Gasteiger partial charge is 0.459 e. The van der Waals surface area contributed by atoms with Gasteiger partial charge in [-0.25, -0.2) is 0 Å². The molecule has 8 fully saturated rings. The molecule has 0 aromatic rings. The third kappa shape index (κ3) is 2.15. The molecule has 0 aromatic carbocycles. The Hall–Kier alpha value is -0.530. The molecule has 4 bridgehead atoms. The first kappa shape index (κ1) is 20.8. The minimum Gasteiger partial charge on any atom is -0.459 e. The van der Waals surface area contributed by atoms with Crippen LogP contribution in [0.1, 0.15) is 112 Å². The second-order valence-electron chi connectivity index (χ2n) is 15.5. The summed E-state index contributed by atoms with van der Waals surface area (Å²) >= 11 is 0. The van der Waals surface area contributed by atoms with Crippen molar-refractivity contribution in [3.05, 3.63) is 0 Å². The molecule has 11 atom stereocenters. The molecule has 8 aliphatic rings. The Morgan fingerprint density at radius 1 is 0.844 bits per heavy atom. The van der Waals surface area contributed by atoms with Gasteiger partial charge in [0, 0.05) is 5.92 Å². The molecule has 2 nitrogen and oxygen atoms in total. The Balaban J connectivity index is 1.16. The van der Waals surface area contributed by atoms with Crippen molar-refractivity contribution in [3.63, 3.8) is 0 Å². The molecule has 2 heteroatoms. The maximum atomic E-state index is 14.1. The fourth-order valence-corrected chi connectivity index (χ4v) is 12.3. The summed E-state index contributed by atoms with van der Waals surface area (Å²) in [7, 11) is 0. The minimum atomic E-state index is -0.275. The fourth-order valence-electron chi connectivity index (χ4n) is 12.3. The normalized spacial score (nSPS) is 63.4. The van der Waals surface area contributed by atoms with Crippen molar-refractivity contribution in [2.45, 2.75) is 118 Å². The summed E-state index contributed by atoms with van der Waals surface area (Å²) in [6, 6.07) is 0. The topological polar surface area (TPSA) is 26.3 Å². The van der Waals surface area contributed by atoms with E-state index in [2.05, 4.69) is 41.5 Å². The van der Waals surface area contributed by atoms with Gasteiger partial charge < -0.3 is 4.74 Å². The number of fused-ring (bicyclic) bond motifs is 2. The van der Waals surface area contributed by atoms with Crippen molar-refractivity contribution in [1.82, 2.24) is 0 Å². The summed E-state index contributed by atoms with van der Waals surface area (Å²) in [6.07, 6.45) is 14.3. The van der Waals surface area contributed by atoms with E-state index in [1.54, 1.807) is 0 Å². The average Bonchev–Trinajstić information content (AvgIpc) is 3.54. The maximum absolute atomic E-state index is 14.1. The van der Waals surface area contributed by atoms with Crippen LogP contribution in [0.4, 0.5) is 0 Å². The van der Waals surface area contributed by atoms with E-state index >= 15 is 0 Å². The van der Waals surface area contributed by atoms with Crippen molar-refractivity contribution in [3.8, 4) is 0 Å². The van der Waals surface area contributed by atoms with E-state index in [4.69, 9.17) is 4.74 Å². The first-order chi connectivity index (χ1) is 14.9. The predicted octanol–water partition coefficient (Wildman–Crippen LogP) is 7.40. The average molecular weight is 439 g/mol. The Morgan fingerprint density at radius 3 is 2.25 bits per heavy atom. The minimum absolute atomic E-state index is 0.178. The van der Waals surface area contributed by atoms with Crippen molar-refractivity contribution >= 4 is 5.97 Å². The summed E-state index contributed by atoms with van der Waals surface area (Å²) < 4.78 is 6.64. The Morgan fingerprint density at radius 2 is 1.62 bits per heavy atom. The molecule has 0 amide bonds. The molecule has 1 spiro atoms. The van der Waals surface area contributed by atoms with E-state index in [-0.39, 0.29) is 17.0 Å². The highest BCUT2D eigenvalue weighted by Crippen LogP contribution is 2.85. The van der Waals surface area contributed by atoms with Gasteiger partial charge in [-0.1, -0.05) is 34.1 Å². The van der Waals surface area contributed by atoms with Crippen LogP contribution >= 0.6 is 0 Å². The Kier molecular flexibility index (Phi) is 3.67. The van der Waals surface area contributed by atoms with Gasteiger partial charge in [0.15, 0.2) is 0 Å². The van der Waals surface area contributed by atoms with Crippen LogP contribution in [-0.4, -0.2) is 11.6 Å².